The average Bonchev–Trinajstić information content (AvgIpc) is 3.24. The number of rotatable bonds is 6. The molecule has 1 aromatic heterocycles. The van der Waals surface area contributed by atoms with Gasteiger partial charge in [0.25, 0.3) is 0 Å². The normalized spacial score (nSPS) is 16.4. The van der Waals surface area contributed by atoms with Crippen LogP contribution in [0.5, 0.6) is 0 Å². The zero-order valence-electron chi connectivity index (χ0n) is 13.3. The number of carbonyl (C=O) groups is 2. The fourth-order valence-electron chi connectivity index (χ4n) is 2.67. The van der Waals surface area contributed by atoms with Crippen LogP contribution in [0.15, 0.2) is 47.9 Å². The SMILES string of the molecule is O=C(O)CCCC(=O)N1NC(c2cccs2)=C[C@@H]1c1ccc(F)cc1. The first kappa shape index (κ1) is 17.2. The zero-order valence-corrected chi connectivity index (χ0v) is 14.1. The van der Waals surface area contributed by atoms with Crippen molar-refractivity contribution >= 4 is 28.9 Å². The van der Waals surface area contributed by atoms with Crippen LogP contribution in [-0.4, -0.2) is 22.0 Å². The number of carboxylic acids is 1. The van der Waals surface area contributed by atoms with Crippen molar-refractivity contribution in [3.05, 3.63) is 64.1 Å². The molecule has 1 atom stereocenters. The number of aliphatic carboxylic acids is 1. The third-order valence-corrected chi connectivity index (χ3v) is 4.79. The van der Waals surface area contributed by atoms with Crippen LogP contribution in [0.3, 0.4) is 0 Å². The molecule has 3 rings (SSSR count). The van der Waals surface area contributed by atoms with Crippen molar-refractivity contribution in [2.24, 2.45) is 0 Å². The van der Waals surface area contributed by atoms with Gasteiger partial charge in [-0.25, -0.2) is 9.40 Å². The summed E-state index contributed by atoms with van der Waals surface area (Å²) in [6, 6.07) is 9.52. The van der Waals surface area contributed by atoms with E-state index < -0.39 is 5.97 Å². The Morgan fingerprint density at radius 1 is 1.20 bits per heavy atom. The molecule has 2 aromatic rings. The molecule has 0 saturated carbocycles. The van der Waals surface area contributed by atoms with E-state index in [9.17, 15) is 14.0 Å². The highest BCUT2D eigenvalue weighted by atomic mass is 32.1. The van der Waals surface area contributed by atoms with Gasteiger partial charge in [-0.3, -0.25) is 15.0 Å². The van der Waals surface area contributed by atoms with Gasteiger partial charge in [0.05, 0.1) is 16.6 Å². The Hall–Kier alpha value is -2.67. The van der Waals surface area contributed by atoms with Crippen molar-refractivity contribution < 1.29 is 19.1 Å². The summed E-state index contributed by atoms with van der Waals surface area (Å²) in [6.45, 7) is 0. The molecule has 130 valence electrons. The van der Waals surface area contributed by atoms with Gasteiger partial charge in [0.2, 0.25) is 5.91 Å². The third-order valence-electron chi connectivity index (χ3n) is 3.89. The van der Waals surface area contributed by atoms with E-state index in [1.807, 2.05) is 23.6 Å². The topological polar surface area (TPSA) is 69.6 Å². The van der Waals surface area contributed by atoms with Crippen molar-refractivity contribution in [2.75, 3.05) is 0 Å². The molecule has 7 heteroatoms. The molecule has 1 aliphatic heterocycles. The first-order valence-corrected chi connectivity index (χ1v) is 8.74. The summed E-state index contributed by atoms with van der Waals surface area (Å²) in [5, 5.41) is 12.2. The number of amides is 1. The van der Waals surface area contributed by atoms with E-state index in [1.165, 1.54) is 17.1 Å². The standard InChI is InChI=1S/C18H17FN2O3S/c19-13-8-6-12(7-9-13)15-11-14(16-3-2-10-25-16)20-21(15)17(22)4-1-5-18(23)24/h2-3,6-11,15,20H,1,4-5H2,(H,23,24)/t15-/m1/s1. The number of carboxylic acid groups (broad SMARTS) is 1. The highest BCUT2D eigenvalue weighted by Gasteiger charge is 2.30. The summed E-state index contributed by atoms with van der Waals surface area (Å²) in [5.41, 5.74) is 4.71. The maximum Gasteiger partial charge on any atom is 0.303 e. The number of benzene rings is 1. The van der Waals surface area contributed by atoms with Gasteiger partial charge in [0, 0.05) is 12.8 Å². The Balaban J connectivity index is 1.81. The fourth-order valence-corrected chi connectivity index (χ4v) is 3.37. The Bertz CT molecular complexity index is 787. The second-order valence-corrected chi connectivity index (χ2v) is 6.62. The van der Waals surface area contributed by atoms with Gasteiger partial charge >= 0.3 is 5.97 Å². The van der Waals surface area contributed by atoms with Crippen molar-refractivity contribution in [3.8, 4) is 0 Å². The lowest BCUT2D eigenvalue weighted by molar-refractivity contribution is -0.137. The molecular formula is C18H17FN2O3S. The summed E-state index contributed by atoms with van der Waals surface area (Å²) >= 11 is 1.55. The molecular weight excluding hydrogens is 343 g/mol. The van der Waals surface area contributed by atoms with Gasteiger partial charge < -0.3 is 5.11 Å². The minimum Gasteiger partial charge on any atom is -0.481 e. The number of hydrogen-bond acceptors (Lipinski definition) is 4. The van der Waals surface area contributed by atoms with Crippen LogP contribution in [0, 0.1) is 5.82 Å². The first-order valence-electron chi connectivity index (χ1n) is 7.86. The predicted octanol–water partition coefficient (Wildman–Crippen LogP) is 3.57. The molecule has 1 amide bonds. The summed E-state index contributed by atoms with van der Waals surface area (Å²) in [7, 11) is 0. The second kappa shape index (κ2) is 7.48. The van der Waals surface area contributed by atoms with Gasteiger partial charge in [-0.05, 0) is 41.6 Å². The summed E-state index contributed by atoms with van der Waals surface area (Å²) in [5.74, 6) is -1.45. The van der Waals surface area contributed by atoms with E-state index in [0.717, 1.165) is 16.1 Å². The molecule has 0 spiro atoms. The van der Waals surface area contributed by atoms with E-state index in [-0.39, 0.29) is 37.0 Å². The van der Waals surface area contributed by atoms with E-state index in [0.29, 0.717) is 0 Å². The smallest absolute Gasteiger partial charge is 0.303 e. The molecule has 0 aliphatic carbocycles. The molecule has 1 aliphatic rings. The third kappa shape index (κ3) is 4.06. The molecule has 2 N–H and O–H groups in total. The quantitative estimate of drug-likeness (QED) is 0.826. The molecule has 0 bridgehead atoms. The largest absolute Gasteiger partial charge is 0.481 e. The maximum absolute atomic E-state index is 13.2. The molecule has 0 radical (unpaired) electrons. The molecule has 0 unspecified atom stereocenters. The summed E-state index contributed by atoms with van der Waals surface area (Å²) in [4.78, 5) is 24.2. The minimum atomic E-state index is -0.922. The van der Waals surface area contributed by atoms with E-state index in [1.54, 1.807) is 23.5 Å². The molecule has 2 heterocycles. The van der Waals surface area contributed by atoms with Crippen LogP contribution < -0.4 is 5.43 Å². The van der Waals surface area contributed by atoms with E-state index in [4.69, 9.17) is 5.11 Å². The van der Waals surface area contributed by atoms with Crippen LogP contribution >= 0.6 is 11.3 Å². The highest BCUT2D eigenvalue weighted by Crippen LogP contribution is 2.33. The Kier molecular flexibility index (Phi) is 5.14. The zero-order chi connectivity index (χ0) is 17.8. The molecule has 5 nitrogen and oxygen atoms in total. The Morgan fingerprint density at radius 2 is 1.96 bits per heavy atom. The lowest BCUT2D eigenvalue weighted by atomic mass is 10.1. The Labute approximate surface area is 148 Å². The van der Waals surface area contributed by atoms with Crippen molar-refractivity contribution in [1.82, 2.24) is 10.4 Å². The lowest BCUT2D eigenvalue weighted by Crippen LogP contribution is -2.39. The maximum atomic E-state index is 13.2. The molecule has 0 saturated heterocycles. The number of carbonyl (C=O) groups excluding carboxylic acids is 1. The number of hydrogen-bond donors (Lipinski definition) is 2. The molecule has 1 aromatic carbocycles. The Morgan fingerprint density at radius 3 is 2.60 bits per heavy atom. The number of hydrazine groups is 1. The van der Waals surface area contributed by atoms with Crippen LogP contribution in [0.4, 0.5) is 4.39 Å². The van der Waals surface area contributed by atoms with Crippen molar-refractivity contribution in [3.63, 3.8) is 0 Å². The van der Waals surface area contributed by atoms with Crippen LogP contribution in [0.25, 0.3) is 5.70 Å². The van der Waals surface area contributed by atoms with Crippen molar-refractivity contribution in [1.29, 1.82) is 0 Å². The van der Waals surface area contributed by atoms with Crippen LogP contribution in [0.1, 0.15) is 35.7 Å². The number of halogens is 1. The van der Waals surface area contributed by atoms with E-state index >= 15 is 0 Å². The van der Waals surface area contributed by atoms with Gasteiger partial charge in [0.1, 0.15) is 5.82 Å². The van der Waals surface area contributed by atoms with Crippen LogP contribution in [-0.2, 0) is 9.59 Å². The first-order chi connectivity index (χ1) is 12.0. The van der Waals surface area contributed by atoms with Gasteiger partial charge in [-0.2, -0.15) is 0 Å². The predicted molar refractivity (Wildman–Crippen MR) is 92.9 cm³/mol. The molecule has 25 heavy (non-hydrogen) atoms. The van der Waals surface area contributed by atoms with Gasteiger partial charge in [0.15, 0.2) is 0 Å². The number of nitrogens with one attached hydrogen (secondary N) is 1. The number of nitrogens with zero attached hydrogens (tertiary/aromatic N) is 1. The highest BCUT2D eigenvalue weighted by molar-refractivity contribution is 7.11. The number of thiophene rings is 1. The monoisotopic (exact) mass is 360 g/mol. The summed E-state index contributed by atoms with van der Waals surface area (Å²) < 4.78 is 13.2. The van der Waals surface area contributed by atoms with E-state index in [2.05, 4.69) is 5.43 Å². The average molecular weight is 360 g/mol. The lowest BCUT2D eigenvalue weighted by Gasteiger charge is -2.25. The van der Waals surface area contributed by atoms with Crippen molar-refractivity contribution in [2.45, 2.75) is 25.3 Å². The van der Waals surface area contributed by atoms with Gasteiger partial charge in [-0.1, -0.05) is 18.2 Å². The fraction of sp³-hybridized carbons (Fsp3) is 0.222. The summed E-state index contributed by atoms with van der Waals surface area (Å²) in [6.07, 6.45) is 2.28. The van der Waals surface area contributed by atoms with Crippen LogP contribution in [0.2, 0.25) is 0 Å². The molecule has 0 fully saturated rings. The second-order valence-electron chi connectivity index (χ2n) is 5.68. The van der Waals surface area contributed by atoms with Gasteiger partial charge in [-0.15, -0.1) is 11.3 Å². The minimum absolute atomic E-state index is 0.0496.